The molecule has 0 unspecified atom stereocenters. The van der Waals surface area contributed by atoms with Crippen LogP contribution in [0.1, 0.15) is 6.42 Å². The van der Waals surface area contributed by atoms with E-state index >= 15 is 0 Å². The van der Waals surface area contributed by atoms with Gasteiger partial charge in [-0.25, -0.2) is 4.79 Å². The number of carbonyl (C=O) groups excluding carboxylic acids is 1. The first-order valence-corrected chi connectivity index (χ1v) is 8.51. The van der Waals surface area contributed by atoms with Gasteiger partial charge < -0.3 is 10.6 Å². The maximum Gasteiger partial charge on any atom is 0.328 e. The number of para-hydroxylation sites is 2. The van der Waals surface area contributed by atoms with Crippen molar-refractivity contribution in [3.05, 3.63) is 34.7 Å². The molecule has 2 heterocycles. The summed E-state index contributed by atoms with van der Waals surface area (Å²) in [6.45, 7) is 6.02. The van der Waals surface area contributed by atoms with Crippen LogP contribution in [0.5, 0.6) is 0 Å². The topological polar surface area (TPSA) is 71.3 Å². The number of nitrogens with zero attached hydrogens (tertiary/aromatic N) is 3. The first kappa shape index (κ1) is 16.7. The first-order chi connectivity index (χ1) is 11.7. The molecule has 1 aromatic heterocycles. The lowest BCUT2D eigenvalue weighted by molar-refractivity contribution is -0.121. The average Bonchev–Trinajstić information content (AvgIpc) is 2.85. The summed E-state index contributed by atoms with van der Waals surface area (Å²) in [5.41, 5.74) is 1.69. The lowest BCUT2D eigenvalue weighted by atomic mass is 10.3. The molecule has 0 aliphatic carbocycles. The Morgan fingerprint density at radius 1 is 1.17 bits per heavy atom. The molecular weight excluding hydrogens is 306 g/mol. The molecule has 2 N–H and O–H groups in total. The zero-order chi connectivity index (χ0) is 16.9. The van der Waals surface area contributed by atoms with Crippen molar-refractivity contribution in [2.45, 2.75) is 13.0 Å². The Labute approximate surface area is 141 Å². The van der Waals surface area contributed by atoms with Gasteiger partial charge >= 0.3 is 5.69 Å². The third-order valence-electron chi connectivity index (χ3n) is 4.57. The van der Waals surface area contributed by atoms with Crippen molar-refractivity contribution in [1.82, 2.24) is 24.7 Å². The molecule has 7 nitrogen and oxygen atoms in total. The predicted molar refractivity (Wildman–Crippen MR) is 94.1 cm³/mol. The highest BCUT2D eigenvalue weighted by Gasteiger charge is 2.12. The highest BCUT2D eigenvalue weighted by Crippen LogP contribution is 2.11. The largest absolute Gasteiger partial charge is 0.355 e. The van der Waals surface area contributed by atoms with E-state index in [2.05, 4.69) is 15.5 Å². The van der Waals surface area contributed by atoms with Gasteiger partial charge in [0.15, 0.2) is 0 Å². The molecule has 0 radical (unpaired) electrons. The molecule has 3 rings (SSSR count). The van der Waals surface area contributed by atoms with Crippen LogP contribution in [-0.4, -0.2) is 59.2 Å². The second-order valence-electron chi connectivity index (χ2n) is 6.17. The van der Waals surface area contributed by atoms with E-state index < -0.39 is 0 Å². The van der Waals surface area contributed by atoms with Crippen LogP contribution in [0, 0.1) is 0 Å². The molecule has 2 aromatic rings. The van der Waals surface area contributed by atoms with Crippen LogP contribution in [0.15, 0.2) is 29.1 Å². The van der Waals surface area contributed by atoms with Crippen molar-refractivity contribution in [2.75, 3.05) is 39.3 Å². The first-order valence-electron chi connectivity index (χ1n) is 8.51. The van der Waals surface area contributed by atoms with E-state index in [-0.39, 0.29) is 11.6 Å². The minimum atomic E-state index is -0.0789. The molecule has 1 aliphatic rings. The Balaban J connectivity index is 1.51. The number of hydrogen-bond acceptors (Lipinski definition) is 4. The molecule has 1 amide bonds. The van der Waals surface area contributed by atoms with Crippen molar-refractivity contribution in [1.29, 1.82) is 0 Å². The summed E-state index contributed by atoms with van der Waals surface area (Å²) in [4.78, 5) is 26.7. The molecule has 130 valence electrons. The number of aromatic nitrogens is 2. The van der Waals surface area contributed by atoms with Crippen LogP contribution in [0.25, 0.3) is 11.0 Å². The zero-order valence-corrected chi connectivity index (χ0v) is 14.1. The van der Waals surface area contributed by atoms with Crippen LogP contribution >= 0.6 is 0 Å². The molecule has 0 spiro atoms. The molecule has 0 saturated carbocycles. The van der Waals surface area contributed by atoms with Gasteiger partial charge in [0.05, 0.1) is 11.0 Å². The second kappa shape index (κ2) is 7.63. The van der Waals surface area contributed by atoms with E-state index in [4.69, 9.17) is 0 Å². The van der Waals surface area contributed by atoms with Crippen LogP contribution in [0.3, 0.4) is 0 Å². The summed E-state index contributed by atoms with van der Waals surface area (Å²) in [6.07, 6.45) is 0.315. The highest BCUT2D eigenvalue weighted by molar-refractivity contribution is 5.77. The van der Waals surface area contributed by atoms with Crippen molar-refractivity contribution in [2.24, 2.45) is 7.05 Å². The molecule has 1 aromatic carbocycles. The van der Waals surface area contributed by atoms with Gasteiger partial charge in [0.25, 0.3) is 0 Å². The third kappa shape index (κ3) is 3.68. The van der Waals surface area contributed by atoms with Crippen molar-refractivity contribution in [3.8, 4) is 0 Å². The highest BCUT2D eigenvalue weighted by atomic mass is 16.2. The average molecular weight is 331 g/mol. The monoisotopic (exact) mass is 331 g/mol. The number of hydrogen-bond donors (Lipinski definition) is 2. The second-order valence-corrected chi connectivity index (χ2v) is 6.17. The van der Waals surface area contributed by atoms with Gasteiger partial charge in [-0.2, -0.15) is 0 Å². The molecule has 1 aliphatic heterocycles. The van der Waals surface area contributed by atoms with E-state index in [1.807, 2.05) is 24.3 Å². The van der Waals surface area contributed by atoms with Gasteiger partial charge in [0.1, 0.15) is 0 Å². The number of piperazine rings is 1. The van der Waals surface area contributed by atoms with Gasteiger partial charge in [-0.3, -0.25) is 18.8 Å². The fraction of sp³-hybridized carbons (Fsp3) is 0.529. The van der Waals surface area contributed by atoms with Gasteiger partial charge in [-0.1, -0.05) is 12.1 Å². The number of carbonyl (C=O) groups is 1. The summed E-state index contributed by atoms with van der Waals surface area (Å²) in [6, 6.07) is 7.65. The summed E-state index contributed by atoms with van der Waals surface area (Å²) in [5, 5.41) is 6.26. The standard InChI is InChI=1S/C17H25N5O2/c1-20-14-4-2-3-5-15(14)22(17(20)24)10-6-16(23)19-9-13-21-11-7-18-8-12-21/h2-5,18H,6-13H2,1H3,(H,19,23). The van der Waals surface area contributed by atoms with Crippen molar-refractivity contribution >= 4 is 16.9 Å². The van der Waals surface area contributed by atoms with Gasteiger partial charge in [0.2, 0.25) is 5.91 Å². The molecule has 1 fully saturated rings. The Hall–Kier alpha value is -2.12. The van der Waals surface area contributed by atoms with E-state index in [1.165, 1.54) is 0 Å². The number of fused-ring (bicyclic) bond motifs is 1. The van der Waals surface area contributed by atoms with Crippen LogP contribution in [0.4, 0.5) is 0 Å². The number of aryl methyl sites for hydroxylation is 2. The molecular formula is C17H25N5O2. The lowest BCUT2D eigenvalue weighted by Crippen LogP contribution is -2.46. The number of benzene rings is 1. The fourth-order valence-electron chi connectivity index (χ4n) is 3.17. The van der Waals surface area contributed by atoms with Gasteiger partial charge in [-0.15, -0.1) is 0 Å². The maximum atomic E-state index is 12.3. The smallest absolute Gasteiger partial charge is 0.328 e. The van der Waals surface area contributed by atoms with Crippen LogP contribution in [-0.2, 0) is 18.4 Å². The van der Waals surface area contributed by atoms with E-state index in [9.17, 15) is 9.59 Å². The number of rotatable bonds is 6. The number of imidazole rings is 1. The Bertz CT molecular complexity index is 758. The Kier molecular flexibility index (Phi) is 5.32. The van der Waals surface area contributed by atoms with E-state index in [0.717, 1.165) is 43.8 Å². The summed E-state index contributed by atoms with van der Waals surface area (Å²) < 4.78 is 3.29. The molecule has 7 heteroatoms. The van der Waals surface area contributed by atoms with Crippen LogP contribution in [0.2, 0.25) is 0 Å². The molecule has 0 bridgehead atoms. The summed E-state index contributed by atoms with van der Waals surface area (Å²) >= 11 is 0. The van der Waals surface area contributed by atoms with Gasteiger partial charge in [0, 0.05) is 59.3 Å². The zero-order valence-electron chi connectivity index (χ0n) is 14.1. The predicted octanol–water partition coefficient (Wildman–Crippen LogP) is -0.248. The minimum Gasteiger partial charge on any atom is -0.355 e. The summed E-state index contributed by atoms with van der Waals surface area (Å²) in [7, 11) is 1.76. The fourth-order valence-corrected chi connectivity index (χ4v) is 3.17. The van der Waals surface area contributed by atoms with Gasteiger partial charge in [-0.05, 0) is 12.1 Å². The molecule has 1 saturated heterocycles. The number of amides is 1. The van der Waals surface area contributed by atoms with E-state index in [1.54, 1.807) is 16.2 Å². The Morgan fingerprint density at radius 2 is 1.88 bits per heavy atom. The normalized spacial score (nSPS) is 15.7. The minimum absolute atomic E-state index is 0.00929. The summed E-state index contributed by atoms with van der Waals surface area (Å²) in [5.74, 6) is -0.00929. The molecule has 24 heavy (non-hydrogen) atoms. The van der Waals surface area contributed by atoms with E-state index in [0.29, 0.717) is 19.5 Å². The van der Waals surface area contributed by atoms with Crippen molar-refractivity contribution in [3.63, 3.8) is 0 Å². The molecule has 0 atom stereocenters. The third-order valence-corrected chi connectivity index (χ3v) is 4.57. The SMILES string of the molecule is Cn1c(=O)n(CCC(=O)NCCN2CCNCC2)c2ccccc21. The quantitative estimate of drug-likeness (QED) is 0.766. The Morgan fingerprint density at radius 3 is 2.62 bits per heavy atom. The maximum absolute atomic E-state index is 12.3. The lowest BCUT2D eigenvalue weighted by Gasteiger charge is -2.27. The van der Waals surface area contributed by atoms with Crippen molar-refractivity contribution < 1.29 is 4.79 Å². The number of nitrogens with one attached hydrogen (secondary N) is 2. The van der Waals surface area contributed by atoms with Crippen LogP contribution < -0.4 is 16.3 Å².